The van der Waals surface area contributed by atoms with Crippen LogP contribution in [0.15, 0.2) is 53.6 Å². The predicted octanol–water partition coefficient (Wildman–Crippen LogP) is 1.62. The van der Waals surface area contributed by atoms with Crippen molar-refractivity contribution >= 4 is 23.5 Å². The van der Waals surface area contributed by atoms with Crippen LogP contribution in [0, 0.1) is 10.1 Å². The number of anilines is 1. The van der Waals surface area contributed by atoms with Gasteiger partial charge in [-0.1, -0.05) is 30.3 Å². The maximum Gasteiger partial charge on any atom is 0.273 e. The molecule has 146 valence electrons. The summed E-state index contributed by atoms with van der Waals surface area (Å²) in [4.78, 5) is 24.7. The Labute approximate surface area is 161 Å². The third kappa shape index (κ3) is 4.70. The third-order valence-electron chi connectivity index (χ3n) is 4.32. The lowest BCUT2D eigenvalue weighted by molar-refractivity contribution is -0.384. The lowest BCUT2D eigenvalue weighted by Crippen LogP contribution is -2.36. The van der Waals surface area contributed by atoms with Crippen molar-refractivity contribution < 1.29 is 19.6 Å². The SMILES string of the molecule is O=C(N/N=C\c1cc([N+](=O)[O-])ccc1N1CCOCC1)[C@@H](O)c1ccccc1. The molecule has 0 saturated carbocycles. The third-order valence-corrected chi connectivity index (χ3v) is 4.32. The second kappa shape index (κ2) is 9.07. The van der Waals surface area contributed by atoms with Crippen molar-refractivity contribution in [2.24, 2.45) is 5.10 Å². The zero-order valence-electron chi connectivity index (χ0n) is 15.0. The zero-order chi connectivity index (χ0) is 19.9. The number of hydrogen-bond donors (Lipinski definition) is 2. The van der Waals surface area contributed by atoms with Crippen LogP contribution in [0.2, 0.25) is 0 Å². The molecule has 1 aliphatic heterocycles. The van der Waals surface area contributed by atoms with Crippen LogP contribution >= 0.6 is 0 Å². The molecule has 0 aromatic heterocycles. The first-order chi connectivity index (χ1) is 13.6. The minimum absolute atomic E-state index is 0.0749. The first-order valence-electron chi connectivity index (χ1n) is 8.73. The van der Waals surface area contributed by atoms with Crippen molar-refractivity contribution in [3.05, 3.63) is 69.8 Å². The number of hydrazone groups is 1. The molecule has 9 heteroatoms. The van der Waals surface area contributed by atoms with E-state index in [2.05, 4.69) is 10.5 Å². The molecule has 0 aliphatic carbocycles. The van der Waals surface area contributed by atoms with Crippen LogP contribution in [-0.4, -0.2) is 48.5 Å². The number of nitrogens with one attached hydrogen (secondary N) is 1. The molecular weight excluding hydrogens is 364 g/mol. The number of morpholine rings is 1. The van der Waals surface area contributed by atoms with Gasteiger partial charge in [0.05, 0.1) is 24.4 Å². The summed E-state index contributed by atoms with van der Waals surface area (Å²) in [5, 5.41) is 25.0. The first-order valence-corrected chi connectivity index (χ1v) is 8.73. The van der Waals surface area contributed by atoms with E-state index >= 15 is 0 Å². The fourth-order valence-corrected chi connectivity index (χ4v) is 2.86. The molecule has 3 rings (SSSR count). The Kier molecular flexibility index (Phi) is 6.30. The number of ether oxygens (including phenoxy) is 1. The standard InChI is InChI=1S/C19H20N4O5/c24-18(14-4-2-1-3-5-14)19(25)21-20-13-15-12-16(23(26)27)6-7-17(15)22-8-10-28-11-9-22/h1-7,12-13,18,24H,8-11H2,(H,21,25)/b20-13-/t18-/m0/s1. The number of nitrogens with zero attached hydrogens (tertiary/aromatic N) is 3. The van der Waals surface area contributed by atoms with Crippen LogP contribution < -0.4 is 10.3 Å². The predicted molar refractivity (Wildman–Crippen MR) is 103 cm³/mol. The molecule has 9 nitrogen and oxygen atoms in total. The van der Waals surface area contributed by atoms with Crippen LogP contribution in [0.3, 0.4) is 0 Å². The molecule has 1 heterocycles. The van der Waals surface area contributed by atoms with Crippen molar-refractivity contribution in [1.29, 1.82) is 0 Å². The van der Waals surface area contributed by atoms with Crippen molar-refractivity contribution in [3.8, 4) is 0 Å². The van der Waals surface area contributed by atoms with E-state index in [0.717, 1.165) is 5.69 Å². The number of aliphatic hydroxyl groups excluding tert-OH is 1. The number of amides is 1. The van der Waals surface area contributed by atoms with Crippen molar-refractivity contribution in [2.75, 3.05) is 31.2 Å². The maximum absolute atomic E-state index is 12.1. The van der Waals surface area contributed by atoms with Crippen LogP contribution in [-0.2, 0) is 9.53 Å². The van der Waals surface area contributed by atoms with Gasteiger partial charge in [-0.15, -0.1) is 0 Å². The number of rotatable bonds is 6. The summed E-state index contributed by atoms with van der Waals surface area (Å²) in [5.74, 6) is -0.694. The van der Waals surface area contributed by atoms with E-state index in [0.29, 0.717) is 37.4 Å². The molecular formula is C19H20N4O5. The van der Waals surface area contributed by atoms with E-state index in [1.54, 1.807) is 36.4 Å². The average molecular weight is 384 g/mol. The highest BCUT2D eigenvalue weighted by Gasteiger charge is 2.18. The Bertz CT molecular complexity index is 866. The fourth-order valence-electron chi connectivity index (χ4n) is 2.86. The Balaban J connectivity index is 1.76. The van der Waals surface area contributed by atoms with E-state index in [1.165, 1.54) is 18.3 Å². The van der Waals surface area contributed by atoms with Crippen LogP contribution in [0.5, 0.6) is 0 Å². The number of carbonyl (C=O) groups is 1. The number of nitro groups is 1. The first kappa shape index (κ1) is 19.5. The minimum atomic E-state index is -1.36. The number of nitro benzene ring substituents is 1. The highest BCUT2D eigenvalue weighted by molar-refractivity contribution is 5.90. The monoisotopic (exact) mass is 384 g/mol. The summed E-state index contributed by atoms with van der Waals surface area (Å²) in [6.07, 6.45) is -0.0184. The highest BCUT2D eigenvalue weighted by atomic mass is 16.6. The molecule has 0 unspecified atom stereocenters. The van der Waals surface area contributed by atoms with Gasteiger partial charge >= 0.3 is 0 Å². The van der Waals surface area contributed by atoms with E-state index in [9.17, 15) is 20.0 Å². The molecule has 2 N–H and O–H groups in total. The number of aliphatic hydroxyl groups is 1. The minimum Gasteiger partial charge on any atom is -0.378 e. The van der Waals surface area contributed by atoms with Crippen LogP contribution in [0.4, 0.5) is 11.4 Å². The van der Waals surface area contributed by atoms with Gasteiger partial charge < -0.3 is 14.7 Å². The molecule has 1 aliphatic rings. The molecule has 1 saturated heterocycles. The molecule has 0 radical (unpaired) electrons. The van der Waals surface area contributed by atoms with E-state index < -0.39 is 16.9 Å². The molecule has 2 aromatic rings. The average Bonchev–Trinajstić information content (AvgIpc) is 2.74. The summed E-state index contributed by atoms with van der Waals surface area (Å²) in [6.45, 7) is 2.43. The van der Waals surface area contributed by atoms with Gasteiger partial charge in [-0.2, -0.15) is 5.10 Å². The lowest BCUT2D eigenvalue weighted by Gasteiger charge is -2.29. The Morgan fingerprint density at radius 1 is 1.25 bits per heavy atom. The van der Waals surface area contributed by atoms with E-state index in [4.69, 9.17) is 4.74 Å². The van der Waals surface area contributed by atoms with Crippen molar-refractivity contribution in [1.82, 2.24) is 5.43 Å². The van der Waals surface area contributed by atoms with E-state index in [1.807, 2.05) is 4.90 Å². The summed E-state index contributed by atoms with van der Waals surface area (Å²) in [5.41, 5.74) is 3.90. The quantitative estimate of drug-likeness (QED) is 0.444. The van der Waals surface area contributed by atoms with Gasteiger partial charge in [0.2, 0.25) is 0 Å². The number of carbonyl (C=O) groups excluding carboxylic acids is 1. The number of non-ortho nitro benzene ring substituents is 1. The molecule has 1 fully saturated rings. The smallest absolute Gasteiger partial charge is 0.273 e. The maximum atomic E-state index is 12.1. The van der Waals surface area contributed by atoms with Crippen molar-refractivity contribution in [2.45, 2.75) is 6.10 Å². The molecule has 28 heavy (non-hydrogen) atoms. The Morgan fingerprint density at radius 2 is 1.96 bits per heavy atom. The van der Waals surface area contributed by atoms with Gasteiger partial charge in [-0.25, -0.2) is 5.43 Å². The summed E-state index contributed by atoms with van der Waals surface area (Å²) >= 11 is 0. The second-order valence-corrected chi connectivity index (χ2v) is 6.15. The normalized spacial score (nSPS) is 15.4. The van der Waals surface area contributed by atoms with Gasteiger partial charge in [0.15, 0.2) is 6.10 Å². The topological polar surface area (TPSA) is 117 Å². The molecule has 0 spiro atoms. The largest absolute Gasteiger partial charge is 0.378 e. The van der Waals surface area contributed by atoms with Crippen molar-refractivity contribution in [3.63, 3.8) is 0 Å². The van der Waals surface area contributed by atoms with Gasteiger partial charge in [-0.05, 0) is 11.6 Å². The van der Waals surface area contributed by atoms with Gasteiger partial charge in [0.1, 0.15) is 0 Å². The summed E-state index contributed by atoms with van der Waals surface area (Å²) in [7, 11) is 0. The molecule has 1 atom stereocenters. The summed E-state index contributed by atoms with van der Waals surface area (Å²) in [6, 6.07) is 13.0. The van der Waals surface area contributed by atoms with Gasteiger partial charge in [0, 0.05) is 36.5 Å². The van der Waals surface area contributed by atoms with Gasteiger partial charge in [-0.3, -0.25) is 14.9 Å². The Morgan fingerprint density at radius 3 is 2.64 bits per heavy atom. The molecule has 1 amide bonds. The molecule has 0 bridgehead atoms. The van der Waals surface area contributed by atoms with Crippen LogP contribution in [0.25, 0.3) is 0 Å². The second-order valence-electron chi connectivity index (χ2n) is 6.15. The van der Waals surface area contributed by atoms with Gasteiger partial charge in [0.25, 0.3) is 11.6 Å². The lowest BCUT2D eigenvalue weighted by atomic mass is 10.1. The van der Waals surface area contributed by atoms with Crippen LogP contribution in [0.1, 0.15) is 17.2 Å². The fraction of sp³-hybridized carbons (Fsp3) is 0.263. The number of benzene rings is 2. The highest BCUT2D eigenvalue weighted by Crippen LogP contribution is 2.25. The Hall–Kier alpha value is -3.30. The summed E-state index contributed by atoms with van der Waals surface area (Å²) < 4.78 is 5.34. The zero-order valence-corrected chi connectivity index (χ0v) is 15.0. The number of hydrogen-bond acceptors (Lipinski definition) is 7. The molecule has 2 aromatic carbocycles. The van der Waals surface area contributed by atoms with E-state index in [-0.39, 0.29) is 5.69 Å².